The Morgan fingerprint density at radius 2 is 1.89 bits per heavy atom. The molecule has 0 bridgehead atoms. The molecule has 11 nitrogen and oxygen atoms in total. The number of hydrogen-bond acceptors (Lipinski definition) is 11. The van der Waals surface area contributed by atoms with Crippen LogP contribution in [0.5, 0.6) is 11.5 Å². The molecule has 2 fully saturated rings. The molecule has 2 aliphatic heterocycles. The normalized spacial score (nSPS) is 26.8. The molecule has 0 spiro atoms. The van der Waals surface area contributed by atoms with Crippen LogP contribution in [-0.2, 0) is 23.8 Å². The quantitative estimate of drug-likeness (QED) is 0.146. The lowest BCUT2D eigenvalue weighted by Crippen LogP contribution is -2.63. The fourth-order valence-electron chi connectivity index (χ4n) is 4.90. The molecule has 1 aromatic heterocycles. The van der Waals surface area contributed by atoms with Crippen LogP contribution in [0, 0.1) is 6.92 Å². The molecule has 0 amide bonds. The summed E-state index contributed by atoms with van der Waals surface area (Å²) in [6.07, 6.45) is -0.514. The van der Waals surface area contributed by atoms with Gasteiger partial charge in [0.2, 0.25) is 12.4 Å². The largest absolute Gasteiger partial charge is 0.509 e. The minimum absolute atomic E-state index is 0.133. The lowest BCUT2D eigenvalue weighted by molar-refractivity contribution is -0.287. The van der Waals surface area contributed by atoms with Gasteiger partial charge in [0.15, 0.2) is 6.10 Å². The van der Waals surface area contributed by atoms with E-state index in [2.05, 4.69) is 18.3 Å². The van der Waals surface area contributed by atoms with Crippen molar-refractivity contribution in [3.05, 3.63) is 59.0 Å². The van der Waals surface area contributed by atoms with Crippen molar-refractivity contribution in [1.82, 2.24) is 0 Å². The molecule has 204 valence electrons. The number of nitrogens with zero attached hydrogens (tertiary/aromatic N) is 1. The molecular formula is C27H31NO10. The molecule has 1 aromatic carbocycles. The molecule has 2 aromatic rings. The van der Waals surface area contributed by atoms with Crippen molar-refractivity contribution in [3.8, 4) is 11.5 Å². The maximum absolute atomic E-state index is 13.0. The van der Waals surface area contributed by atoms with Gasteiger partial charge in [0.1, 0.15) is 48.1 Å². The minimum atomic E-state index is -1.04. The summed E-state index contributed by atoms with van der Waals surface area (Å²) in [7, 11) is 2.89. The van der Waals surface area contributed by atoms with Crippen molar-refractivity contribution in [3.63, 3.8) is 0 Å². The number of rotatable bonds is 10. The molecule has 3 heterocycles. The predicted octanol–water partition coefficient (Wildman–Crippen LogP) is 4.03. The average Bonchev–Trinajstić information content (AvgIpc) is 3.25. The van der Waals surface area contributed by atoms with Gasteiger partial charge in [-0.05, 0) is 39.3 Å². The highest BCUT2D eigenvalue weighted by atomic mass is 16.8. The van der Waals surface area contributed by atoms with Gasteiger partial charge in [-0.15, -0.1) is 6.58 Å². The molecule has 38 heavy (non-hydrogen) atoms. The molecule has 0 aliphatic carbocycles. The van der Waals surface area contributed by atoms with Gasteiger partial charge in [-0.3, -0.25) is 0 Å². The van der Waals surface area contributed by atoms with E-state index in [1.807, 2.05) is 6.92 Å². The number of ether oxygens (including phenoxy) is 6. The summed E-state index contributed by atoms with van der Waals surface area (Å²) in [4.78, 5) is 29.9. The maximum Gasteiger partial charge on any atom is 0.509 e. The van der Waals surface area contributed by atoms with Crippen LogP contribution >= 0.6 is 0 Å². The molecule has 2 aliphatic rings. The Balaban J connectivity index is 1.78. The van der Waals surface area contributed by atoms with E-state index in [0.717, 1.165) is 0 Å². The van der Waals surface area contributed by atoms with Crippen LogP contribution in [0.1, 0.15) is 31.4 Å². The van der Waals surface area contributed by atoms with Gasteiger partial charge in [-0.2, -0.15) is 0 Å². The Labute approximate surface area is 219 Å². The summed E-state index contributed by atoms with van der Waals surface area (Å²) in [5, 5.41) is 4.39. The van der Waals surface area contributed by atoms with Crippen molar-refractivity contribution in [1.29, 1.82) is 0 Å². The van der Waals surface area contributed by atoms with E-state index in [1.54, 1.807) is 38.1 Å². The SMILES string of the molecule is C=CCOc1c(/C(C)=N\OC)c(=O)oc2c(C)c(OC3O[C@@](C)(CC=C)[C@H](OC)[C@H]4OC(=O)O[C@@H]34)ccc12. The highest BCUT2D eigenvalue weighted by Gasteiger charge is 2.60. The number of benzene rings is 1. The van der Waals surface area contributed by atoms with Crippen LogP contribution in [-0.4, -0.2) is 62.9 Å². The summed E-state index contributed by atoms with van der Waals surface area (Å²) in [6.45, 7) is 12.8. The summed E-state index contributed by atoms with van der Waals surface area (Å²) in [5.41, 5.74) is -0.417. The van der Waals surface area contributed by atoms with E-state index in [-0.39, 0.29) is 23.5 Å². The lowest BCUT2D eigenvalue weighted by Gasteiger charge is -2.46. The number of carbonyl (C=O) groups is 1. The molecule has 11 heteroatoms. The maximum atomic E-state index is 13.0. The Kier molecular flexibility index (Phi) is 7.79. The zero-order valence-electron chi connectivity index (χ0n) is 22.0. The number of oxime groups is 1. The van der Waals surface area contributed by atoms with Crippen molar-refractivity contribution < 1.29 is 42.5 Å². The summed E-state index contributed by atoms with van der Waals surface area (Å²) in [6, 6.07) is 3.38. The number of methoxy groups -OCH3 is 1. The monoisotopic (exact) mass is 529 g/mol. The van der Waals surface area contributed by atoms with Crippen LogP contribution < -0.4 is 15.1 Å². The molecule has 0 radical (unpaired) electrons. The number of aryl methyl sites for hydroxylation is 1. The van der Waals surface area contributed by atoms with Crippen molar-refractivity contribution in [2.45, 2.75) is 57.4 Å². The van der Waals surface area contributed by atoms with E-state index in [0.29, 0.717) is 28.8 Å². The number of carbonyl (C=O) groups excluding carboxylic acids is 1. The smallest absolute Gasteiger partial charge is 0.488 e. The fraction of sp³-hybridized carbons (Fsp3) is 0.444. The van der Waals surface area contributed by atoms with Gasteiger partial charge in [-0.1, -0.05) is 23.9 Å². The van der Waals surface area contributed by atoms with Gasteiger partial charge in [0, 0.05) is 12.7 Å². The second kappa shape index (κ2) is 10.9. The van der Waals surface area contributed by atoms with Gasteiger partial charge in [-0.25, -0.2) is 9.59 Å². The molecular weight excluding hydrogens is 498 g/mol. The van der Waals surface area contributed by atoms with E-state index in [4.69, 9.17) is 37.7 Å². The van der Waals surface area contributed by atoms with Crippen molar-refractivity contribution >= 4 is 22.8 Å². The van der Waals surface area contributed by atoms with Crippen LogP contribution in [0.2, 0.25) is 0 Å². The van der Waals surface area contributed by atoms with Gasteiger partial charge < -0.3 is 37.7 Å². The first-order chi connectivity index (χ1) is 18.2. The Morgan fingerprint density at radius 1 is 1.16 bits per heavy atom. The summed E-state index contributed by atoms with van der Waals surface area (Å²) < 4.78 is 40.5. The van der Waals surface area contributed by atoms with Gasteiger partial charge >= 0.3 is 11.8 Å². The second-order valence-electron chi connectivity index (χ2n) is 9.10. The fourth-order valence-corrected chi connectivity index (χ4v) is 4.90. The third kappa shape index (κ3) is 4.74. The van der Waals surface area contributed by atoms with E-state index < -0.39 is 42.0 Å². The summed E-state index contributed by atoms with van der Waals surface area (Å²) in [5.74, 6) is 0.617. The van der Waals surface area contributed by atoms with E-state index in [9.17, 15) is 9.59 Å². The first kappa shape index (κ1) is 27.2. The molecule has 5 atom stereocenters. The highest BCUT2D eigenvalue weighted by molar-refractivity contribution is 6.05. The van der Waals surface area contributed by atoms with E-state index in [1.165, 1.54) is 14.2 Å². The topological polar surface area (TPSA) is 124 Å². The molecule has 4 rings (SSSR count). The third-order valence-corrected chi connectivity index (χ3v) is 6.55. The molecule has 1 unspecified atom stereocenters. The first-order valence-corrected chi connectivity index (χ1v) is 12.0. The molecule has 0 saturated carbocycles. The van der Waals surface area contributed by atoms with E-state index >= 15 is 0 Å². The Hall–Kier alpha value is -3.83. The molecule has 0 N–H and O–H groups in total. The van der Waals surface area contributed by atoms with Crippen LogP contribution in [0.25, 0.3) is 11.0 Å². The average molecular weight is 530 g/mol. The van der Waals surface area contributed by atoms with Crippen LogP contribution in [0.4, 0.5) is 4.79 Å². The van der Waals surface area contributed by atoms with Crippen molar-refractivity contribution in [2.24, 2.45) is 5.16 Å². The van der Waals surface area contributed by atoms with Gasteiger partial charge in [0.25, 0.3) is 0 Å². The second-order valence-corrected chi connectivity index (χ2v) is 9.10. The minimum Gasteiger partial charge on any atom is -0.488 e. The zero-order valence-corrected chi connectivity index (χ0v) is 22.0. The predicted molar refractivity (Wildman–Crippen MR) is 137 cm³/mol. The first-order valence-electron chi connectivity index (χ1n) is 12.0. The zero-order chi connectivity index (χ0) is 27.6. The Morgan fingerprint density at radius 3 is 2.55 bits per heavy atom. The van der Waals surface area contributed by atoms with Crippen LogP contribution in [0.3, 0.4) is 0 Å². The summed E-state index contributed by atoms with van der Waals surface area (Å²) >= 11 is 0. The highest BCUT2D eigenvalue weighted by Crippen LogP contribution is 2.42. The lowest BCUT2D eigenvalue weighted by atomic mass is 9.85. The van der Waals surface area contributed by atoms with Crippen molar-refractivity contribution in [2.75, 3.05) is 20.8 Å². The Bertz CT molecular complexity index is 1330. The molecule has 2 saturated heterocycles. The number of fused-ring (bicyclic) bond motifs is 2. The number of hydrogen-bond donors (Lipinski definition) is 0. The third-order valence-electron chi connectivity index (χ3n) is 6.55. The van der Waals surface area contributed by atoms with Crippen LogP contribution in [0.15, 0.2) is 51.8 Å². The van der Waals surface area contributed by atoms with Gasteiger partial charge in [0.05, 0.1) is 11.1 Å². The standard InChI is InChI=1S/C27H31NO10/c1-8-12-27(5)23(31-6)21-22(37-26(30)36-21)25(38-27)34-17-11-10-16-19(14(17)3)35-24(29)18(15(4)28-32-7)20(16)33-13-9-2/h8-11,21-23,25H,1-2,12-13H2,3-7H3/b28-15-/t21-,22+,23+,25?,27-/m0/s1.